The zero-order chi connectivity index (χ0) is 8.43. The molecule has 0 aliphatic rings. The molecule has 0 saturated carbocycles. The molecule has 11 heavy (non-hydrogen) atoms. The molecule has 0 aromatic carbocycles. The first kappa shape index (κ1) is 8.30. The summed E-state index contributed by atoms with van der Waals surface area (Å²) in [7, 11) is 1.44. The smallest absolute Gasteiger partial charge is 0.162 e. The van der Waals surface area contributed by atoms with Crippen LogP contribution in [0.25, 0.3) is 0 Å². The standard InChI is InChI=1S/C7H11BFNO/c1-4(2)5-3-6(7(8)9)11-10-5/h3-4,7H,8H2,1-2H3. The summed E-state index contributed by atoms with van der Waals surface area (Å²) in [5.41, 5.74) is 0.810. The highest BCUT2D eigenvalue weighted by atomic mass is 19.1. The highest BCUT2D eigenvalue weighted by molar-refractivity contribution is 6.10. The molecule has 0 fully saturated rings. The van der Waals surface area contributed by atoms with Crippen molar-refractivity contribution in [1.29, 1.82) is 0 Å². The maximum Gasteiger partial charge on any atom is 0.162 e. The number of hydrogen-bond donors (Lipinski definition) is 0. The summed E-state index contributed by atoms with van der Waals surface area (Å²) in [5, 5.41) is 3.72. The maximum absolute atomic E-state index is 12.6. The Bertz CT molecular complexity index is 212. The van der Waals surface area contributed by atoms with Gasteiger partial charge in [-0.05, 0) is 5.92 Å². The van der Waals surface area contributed by atoms with Crippen molar-refractivity contribution in [3.8, 4) is 0 Å². The Kier molecular flexibility index (Phi) is 2.32. The van der Waals surface area contributed by atoms with Crippen molar-refractivity contribution in [2.45, 2.75) is 25.8 Å². The molecule has 0 aliphatic heterocycles. The fourth-order valence-corrected chi connectivity index (χ4v) is 0.763. The molecule has 0 spiro atoms. The van der Waals surface area contributed by atoms with Crippen LogP contribution in [0.2, 0.25) is 0 Å². The van der Waals surface area contributed by atoms with Crippen molar-refractivity contribution in [3.63, 3.8) is 0 Å². The fraction of sp³-hybridized carbons (Fsp3) is 0.571. The molecule has 60 valence electrons. The van der Waals surface area contributed by atoms with Gasteiger partial charge in [0.25, 0.3) is 0 Å². The van der Waals surface area contributed by atoms with E-state index in [0.717, 1.165) is 5.69 Å². The fourth-order valence-electron chi connectivity index (χ4n) is 0.763. The molecule has 0 radical (unpaired) electrons. The Morgan fingerprint density at radius 1 is 1.64 bits per heavy atom. The van der Waals surface area contributed by atoms with Crippen LogP contribution in [0.15, 0.2) is 10.6 Å². The van der Waals surface area contributed by atoms with Crippen molar-refractivity contribution >= 4 is 7.85 Å². The normalized spacial score (nSPS) is 13.8. The van der Waals surface area contributed by atoms with E-state index in [-0.39, 0.29) is 0 Å². The second-order valence-corrected chi connectivity index (χ2v) is 2.92. The Morgan fingerprint density at radius 3 is 2.55 bits per heavy atom. The summed E-state index contributed by atoms with van der Waals surface area (Å²) in [6, 6.07) is 1.66. The Hall–Kier alpha value is -0.795. The van der Waals surface area contributed by atoms with Crippen LogP contribution in [0.5, 0.6) is 0 Å². The molecule has 0 saturated heterocycles. The number of rotatable bonds is 2. The van der Waals surface area contributed by atoms with Crippen LogP contribution in [-0.4, -0.2) is 13.0 Å². The van der Waals surface area contributed by atoms with E-state index in [0.29, 0.717) is 11.7 Å². The van der Waals surface area contributed by atoms with Crippen molar-refractivity contribution < 1.29 is 8.91 Å². The van der Waals surface area contributed by atoms with E-state index in [1.54, 1.807) is 6.07 Å². The molecule has 1 aromatic rings. The predicted molar refractivity (Wildman–Crippen MR) is 43.0 cm³/mol. The van der Waals surface area contributed by atoms with Crippen molar-refractivity contribution in [2.75, 3.05) is 0 Å². The van der Waals surface area contributed by atoms with Gasteiger partial charge >= 0.3 is 0 Å². The molecule has 1 aromatic heterocycles. The molecule has 4 heteroatoms. The molecule has 0 N–H and O–H groups in total. The summed E-state index contributed by atoms with van der Waals surface area (Å²) in [4.78, 5) is 0. The average Bonchev–Trinajstić information content (AvgIpc) is 2.33. The minimum absolute atomic E-state index is 0.297. The molecular weight excluding hydrogens is 144 g/mol. The maximum atomic E-state index is 12.6. The van der Waals surface area contributed by atoms with Crippen LogP contribution < -0.4 is 0 Å². The Balaban J connectivity index is 2.82. The van der Waals surface area contributed by atoms with E-state index in [2.05, 4.69) is 5.16 Å². The topological polar surface area (TPSA) is 26.0 Å². The van der Waals surface area contributed by atoms with Crippen LogP contribution >= 0.6 is 0 Å². The molecule has 1 atom stereocenters. The first-order valence-electron chi connectivity index (χ1n) is 3.72. The van der Waals surface area contributed by atoms with Crippen LogP contribution in [0, 0.1) is 0 Å². The van der Waals surface area contributed by atoms with Crippen LogP contribution in [-0.2, 0) is 0 Å². The number of hydrogen-bond acceptors (Lipinski definition) is 2. The Morgan fingerprint density at radius 2 is 2.27 bits per heavy atom. The lowest BCUT2D eigenvalue weighted by Crippen LogP contribution is -1.86. The van der Waals surface area contributed by atoms with Gasteiger partial charge in [0.05, 0.1) is 5.69 Å². The number of alkyl halides is 1. The van der Waals surface area contributed by atoms with Gasteiger partial charge in [0.1, 0.15) is 6.07 Å². The summed E-state index contributed by atoms with van der Waals surface area (Å²) >= 11 is 0. The number of nitrogens with zero attached hydrogens (tertiary/aromatic N) is 1. The first-order chi connectivity index (χ1) is 5.11. The average molecular weight is 155 g/mol. The molecule has 1 rings (SSSR count). The summed E-state index contributed by atoms with van der Waals surface area (Å²) in [5.74, 6) is 0.611. The van der Waals surface area contributed by atoms with Crippen LogP contribution in [0.4, 0.5) is 4.39 Å². The summed E-state index contributed by atoms with van der Waals surface area (Å²) in [6.45, 7) is 3.98. The molecule has 0 bridgehead atoms. The molecule has 1 heterocycles. The van der Waals surface area contributed by atoms with Gasteiger partial charge in [-0.2, -0.15) is 0 Å². The van der Waals surface area contributed by atoms with Gasteiger partial charge in [0.2, 0.25) is 0 Å². The summed E-state index contributed by atoms with van der Waals surface area (Å²) < 4.78 is 17.3. The first-order valence-corrected chi connectivity index (χ1v) is 3.72. The second-order valence-electron chi connectivity index (χ2n) is 2.92. The minimum atomic E-state index is -1.06. The third kappa shape index (κ3) is 1.82. The molecule has 2 nitrogen and oxygen atoms in total. The zero-order valence-corrected chi connectivity index (χ0v) is 6.97. The highest BCUT2D eigenvalue weighted by Crippen LogP contribution is 2.19. The van der Waals surface area contributed by atoms with E-state index in [1.807, 2.05) is 13.8 Å². The third-order valence-electron chi connectivity index (χ3n) is 1.53. The molecule has 1 unspecified atom stereocenters. The Labute approximate surface area is 66.2 Å². The molecule has 0 aliphatic carbocycles. The van der Waals surface area contributed by atoms with Gasteiger partial charge in [0.15, 0.2) is 13.6 Å². The predicted octanol–water partition coefficient (Wildman–Crippen LogP) is 1.40. The van der Waals surface area contributed by atoms with Gasteiger partial charge < -0.3 is 4.52 Å². The van der Waals surface area contributed by atoms with E-state index < -0.39 is 6.07 Å². The van der Waals surface area contributed by atoms with Crippen LogP contribution in [0.1, 0.15) is 37.3 Å². The number of halogens is 1. The molecular formula is C7H11BFNO. The SMILES string of the molecule is BC(F)c1cc(C(C)C)no1. The minimum Gasteiger partial charge on any atom is -0.359 e. The highest BCUT2D eigenvalue weighted by Gasteiger charge is 2.11. The van der Waals surface area contributed by atoms with E-state index in [1.165, 1.54) is 7.85 Å². The second kappa shape index (κ2) is 3.07. The van der Waals surface area contributed by atoms with Gasteiger partial charge in [-0.1, -0.05) is 19.0 Å². The lowest BCUT2D eigenvalue weighted by molar-refractivity contribution is 0.315. The van der Waals surface area contributed by atoms with Gasteiger partial charge in [-0.15, -0.1) is 0 Å². The van der Waals surface area contributed by atoms with E-state index >= 15 is 0 Å². The van der Waals surface area contributed by atoms with E-state index in [9.17, 15) is 4.39 Å². The lowest BCUT2D eigenvalue weighted by Gasteiger charge is -1.93. The van der Waals surface area contributed by atoms with Gasteiger partial charge in [0, 0.05) is 6.07 Å². The van der Waals surface area contributed by atoms with Gasteiger partial charge in [-0.25, -0.2) is 4.39 Å². The van der Waals surface area contributed by atoms with Gasteiger partial charge in [-0.3, -0.25) is 0 Å². The largest absolute Gasteiger partial charge is 0.359 e. The molecule has 0 amide bonds. The quantitative estimate of drug-likeness (QED) is 0.603. The van der Waals surface area contributed by atoms with Crippen molar-refractivity contribution in [3.05, 3.63) is 17.5 Å². The summed E-state index contributed by atoms with van der Waals surface area (Å²) in [6.07, 6.45) is -1.06. The van der Waals surface area contributed by atoms with Crippen LogP contribution in [0.3, 0.4) is 0 Å². The van der Waals surface area contributed by atoms with E-state index in [4.69, 9.17) is 4.52 Å². The lowest BCUT2D eigenvalue weighted by atomic mass is 9.99. The number of aromatic nitrogens is 1. The zero-order valence-electron chi connectivity index (χ0n) is 6.97. The van der Waals surface area contributed by atoms with Crippen molar-refractivity contribution in [2.24, 2.45) is 0 Å². The monoisotopic (exact) mass is 155 g/mol. The third-order valence-corrected chi connectivity index (χ3v) is 1.53. The van der Waals surface area contributed by atoms with Crippen molar-refractivity contribution in [1.82, 2.24) is 5.16 Å².